The van der Waals surface area contributed by atoms with Crippen molar-refractivity contribution in [3.8, 4) is 11.4 Å². The van der Waals surface area contributed by atoms with Crippen LogP contribution < -0.4 is 10.3 Å². The van der Waals surface area contributed by atoms with Gasteiger partial charge in [-0.25, -0.2) is 4.98 Å². The Balaban J connectivity index is 1.73. The maximum absolute atomic E-state index is 13.2. The van der Waals surface area contributed by atoms with E-state index in [0.29, 0.717) is 21.0 Å². The molecule has 1 aromatic heterocycles. The zero-order valence-corrected chi connectivity index (χ0v) is 18.1. The Hall–Kier alpha value is -1.60. The summed E-state index contributed by atoms with van der Waals surface area (Å²) in [6.07, 6.45) is 0.818. The average molecular weight is 451 g/mol. The Labute approximate surface area is 181 Å². The normalized spacial score (nSPS) is 12.8. The van der Waals surface area contributed by atoms with E-state index >= 15 is 0 Å². The monoisotopic (exact) mass is 450 g/mol. The summed E-state index contributed by atoms with van der Waals surface area (Å²) in [6.45, 7) is 0. The molecule has 0 bridgehead atoms. The molecule has 144 valence electrons. The second-order valence-electron chi connectivity index (χ2n) is 6.14. The van der Waals surface area contributed by atoms with Crippen molar-refractivity contribution in [3.63, 3.8) is 0 Å². The van der Waals surface area contributed by atoms with Crippen LogP contribution in [0.25, 0.3) is 5.69 Å². The molecule has 2 heterocycles. The van der Waals surface area contributed by atoms with Crippen LogP contribution in [0, 0.1) is 0 Å². The number of hydrogen-bond donors (Lipinski definition) is 0. The van der Waals surface area contributed by atoms with Crippen LogP contribution in [-0.2, 0) is 12.2 Å². The lowest BCUT2D eigenvalue weighted by Gasteiger charge is -2.14. The molecule has 3 aromatic rings. The molecule has 0 fully saturated rings. The number of hydrogen-bond acceptors (Lipinski definition) is 5. The van der Waals surface area contributed by atoms with Crippen molar-refractivity contribution in [3.05, 3.63) is 74.1 Å². The second-order valence-corrected chi connectivity index (χ2v) is 9.01. The summed E-state index contributed by atoms with van der Waals surface area (Å²) < 4.78 is 6.91. The van der Waals surface area contributed by atoms with Crippen molar-refractivity contribution in [2.75, 3.05) is 12.9 Å². The highest BCUT2D eigenvalue weighted by Gasteiger charge is 2.22. The Kier molecular flexibility index (Phi) is 5.92. The molecule has 0 aliphatic carbocycles. The molecule has 0 radical (unpaired) electrons. The van der Waals surface area contributed by atoms with E-state index < -0.39 is 0 Å². The lowest BCUT2D eigenvalue weighted by Crippen LogP contribution is -2.23. The van der Waals surface area contributed by atoms with E-state index in [9.17, 15) is 4.79 Å². The number of fused-ring (bicyclic) bond motifs is 1. The van der Waals surface area contributed by atoms with E-state index in [4.69, 9.17) is 32.9 Å². The molecular weight excluding hydrogens is 435 g/mol. The smallest absolute Gasteiger partial charge is 0.272 e. The maximum Gasteiger partial charge on any atom is 0.272 e. The minimum atomic E-state index is -0.0192. The third-order valence-corrected chi connectivity index (χ3v) is 7.21. The van der Waals surface area contributed by atoms with Gasteiger partial charge in [-0.2, -0.15) is 0 Å². The highest BCUT2D eigenvalue weighted by Crippen LogP contribution is 2.32. The van der Waals surface area contributed by atoms with Gasteiger partial charge < -0.3 is 4.74 Å². The molecule has 2 aromatic carbocycles. The van der Waals surface area contributed by atoms with Crippen LogP contribution >= 0.6 is 46.7 Å². The predicted octanol–water partition coefficient (Wildman–Crippen LogP) is 5.49. The summed E-state index contributed by atoms with van der Waals surface area (Å²) in [5.41, 5.74) is 2.65. The summed E-state index contributed by atoms with van der Waals surface area (Å²) >= 11 is 15.2. The van der Waals surface area contributed by atoms with E-state index in [2.05, 4.69) is 0 Å². The number of thioether (sulfide) groups is 2. The minimum Gasteiger partial charge on any atom is -0.497 e. The Morgan fingerprint density at radius 3 is 2.68 bits per heavy atom. The first kappa shape index (κ1) is 19.7. The Bertz CT molecular complexity index is 1080. The first-order valence-corrected chi connectivity index (χ1v) is 11.3. The maximum atomic E-state index is 13.2. The van der Waals surface area contributed by atoms with Crippen LogP contribution in [0.2, 0.25) is 10.0 Å². The zero-order chi connectivity index (χ0) is 19.7. The van der Waals surface area contributed by atoms with Gasteiger partial charge in [-0.15, -0.1) is 11.8 Å². The zero-order valence-electron chi connectivity index (χ0n) is 14.9. The van der Waals surface area contributed by atoms with Crippen molar-refractivity contribution in [2.45, 2.75) is 22.2 Å². The van der Waals surface area contributed by atoms with Gasteiger partial charge in [0.25, 0.3) is 5.56 Å². The second kappa shape index (κ2) is 8.41. The summed E-state index contributed by atoms with van der Waals surface area (Å²) in [5.74, 6) is 2.26. The van der Waals surface area contributed by atoms with E-state index in [1.54, 1.807) is 29.5 Å². The fraction of sp³-hybridized carbons (Fsp3) is 0.200. The fourth-order valence-corrected chi connectivity index (χ4v) is 5.24. The SMILES string of the molecule is COc1ccc(-n2c(SCc3ccc(Cl)c(Cl)c3)nc3c(c2=O)SCC3)cc1. The highest BCUT2D eigenvalue weighted by atomic mass is 35.5. The number of methoxy groups -OCH3 is 1. The van der Waals surface area contributed by atoms with Crippen LogP contribution in [0.5, 0.6) is 5.75 Å². The molecule has 0 saturated carbocycles. The van der Waals surface area contributed by atoms with Gasteiger partial charge >= 0.3 is 0 Å². The molecule has 0 saturated heterocycles. The van der Waals surface area contributed by atoms with Gasteiger partial charge in [-0.3, -0.25) is 9.36 Å². The van der Waals surface area contributed by atoms with Gasteiger partial charge in [0.2, 0.25) is 0 Å². The quantitative estimate of drug-likeness (QED) is 0.379. The summed E-state index contributed by atoms with van der Waals surface area (Å²) in [7, 11) is 1.62. The minimum absolute atomic E-state index is 0.0192. The number of ether oxygens (including phenoxy) is 1. The molecule has 4 rings (SSSR count). The highest BCUT2D eigenvalue weighted by molar-refractivity contribution is 7.99. The molecule has 0 unspecified atom stereocenters. The Morgan fingerprint density at radius 1 is 1.18 bits per heavy atom. The molecule has 0 amide bonds. The molecular formula is C20H16Cl2N2O2S2. The number of aromatic nitrogens is 2. The van der Waals surface area contributed by atoms with Crippen molar-refractivity contribution in [1.82, 2.24) is 9.55 Å². The number of halogens is 2. The first-order chi connectivity index (χ1) is 13.6. The van der Waals surface area contributed by atoms with Gasteiger partial charge in [0.1, 0.15) is 5.75 Å². The largest absolute Gasteiger partial charge is 0.497 e. The Morgan fingerprint density at radius 2 is 1.96 bits per heavy atom. The number of nitrogens with zero attached hydrogens (tertiary/aromatic N) is 2. The molecule has 0 N–H and O–H groups in total. The van der Waals surface area contributed by atoms with E-state index in [1.165, 1.54) is 11.8 Å². The van der Waals surface area contributed by atoms with Gasteiger partial charge in [0.15, 0.2) is 5.16 Å². The van der Waals surface area contributed by atoms with Crippen LogP contribution in [-0.4, -0.2) is 22.4 Å². The molecule has 1 aliphatic heterocycles. The van der Waals surface area contributed by atoms with Crippen LogP contribution in [0.4, 0.5) is 0 Å². The standard InChI is InChI=1S/C20H16Cl2N2O2S2/c1-26-14-5-3-13(4-6-14)24-19(25)18-17(8-9-27-18)23-20(24)28-11-12-2-7-15(21)16(22)10-12/h2-7,10H,8-9,11H2,1H3. The lowest BCUT2D eigenvalue weighted by molar-refractivity contribution is 0.414. The third kappa shape index (κ3) is 3.92. The van der Waals surface area contributed by atoms with E-state index in [1.807, 2.05) is 36.4 Å². The van der Waals surface area contributed by atoms with Gasteiger partial charge in [0, 0.05) is 17.9 Å². The summed E-state index contributed by atoms with van der Waals surface area (Å²) in [6, 6.07) is 13.0. The first-order valence-electron chi connectivity index (χ1n) is 8.56. The number of rotatable bonds is 5. The summed E-state index contributed by atoms with van der Waals surface area (Å²) in [4.78, 5) is 18.7. The molecule has 4 nitrogen and oxygen atoms in total. The summed E-state index contributed by atoms with van der Waals surface area (Å²) in [5, 5.41) is 1.71. The van der Waals surface area contributed by atoms with Crippen LogP contribution in [0.3, 0.4) is 0 Å². The molecule has 0 spiro atoms. The van der Waals surface area contributed by atoms with E-state index in [0.717, 1.165) is 39.8 Å². The van der Waals surface area contributed by atoms with E-state index in [-0.39, 0.29) is 5.56 Å². The predicted molar refractivity (Wildman–Crippen MR) is 117 cm³/mol. The molecule has 28 heavy (non-hydrogen) atoms. The average Bonchev–Trinajstić information content (AvgIpc) is 3.18. The topological polar surface area (TPSA) is 44.1 Å². The molecule has 1 aliphatic rings. The van der Waals surface area contributed by atoms with Crippen molar-refractivity contribution in [1.29, 1.82) is 0 Å². The fourth-order valence-electron chi connectivity index (χ4n) is 2.93. The third-order valence-electron chi connectivity index (χ3n) is 4.35. The van der Waals surface area contributed by atoms with Crippen LogP contribution in [0.15, 0.2) is 57.3 Å². The van der Waals surface area contributed by atoms with Crippen molar-refractivity contribution in [2.24, 2.45) is 0 Å². The number of benzene rings is 2. The van der Waals surface area contributed by atoms with Crippen molar-refractivity contribution >= 4 is 46.7 Å². The van der Waals surface area contributed by atoms with Crippen LogP contribution in [0.1, 0.15) is 11.3 Å². The molecule has 8 heteroatoms. The number of aryl methyl sites for hydroxylation is 1. The molecule has 0 atom stereocenters. The van der Waals surface area contributed by atoms with Gasteiger partial charge in [-0.1, -0.05) is 41.0 Å². The van der Waals surface area contributed by atoms with Crippen molar-refractivity contribution < 1.29 is 4.74 Å². The lowest BCUT2D eigenvalue weighted by atomic mass is 10.2. The van der Waals surface area contributed by atoms with Gasteiger partial charge in [0.05, 0.1) is 33.4 Å². The van der Waals surface area contributed by atoms with Gasteiger partial charge in [-0.05, 0) is 42.0 Å².